The topological polar surface area (TPSA) is 69.6 Å². The zero-order valence-corrected chi connectivity index (χ0v) is 10.8. The van der Waals surface area contributed by atoms with Crippen LogP contribution < -0.4 is 10.2 Å². The van der Waals surface area contributed by atoms with E-state index in [4.69, 9.17) is 5.11 Å². The van der Waals surface area contributed by atoms with Crippen molar-refractivity contribution in [3.63, 3.8) is 0 Å². The van der Waals surface area contributed by atoms with Crippen molar-refractivity contribution in [2.45, 2.75) is 26.3 Å². The normalized spacial score (nSPS) is 11.7. The fraction of sp³-hybridized carbons (Fsp3) is 0.385. The lowest BCUT2D eigenvalue weighted by molar-refractivity contribution is -0.139. The number of hydrogen-bond acceptors (Lipinski definition) is 2. The lowest BCUT2D eigenvalue weighted by Crippen LogP contribution is -2.46. The maximum absolute atomic E-state index is 11.9. The van der Waals surface area contributed by atoms with Gasteiger partial charge < -0.3 is 10.4 Å². The highest BCUT2D eigenvalue weighted by Crippen LogP contribution is 2.17. The average Bonchev–Trinajstić information content (AvgIpc) is 2.35. The van der Waals surface area contributed by atoms with Crippen molar-refractivity contribution in [2.75, 3.05) is 11.9 Å². The van der Waals surface area contributed by atoms with E-state index in [0.29, 0.717) is 6.42 Å². The molecule has 2 N–H and O–H groups in total. The van der Waals surface area contributed by atoms with Gasteiger partial charge in [0.1, 0.15) is 6.04 Å². The van der Waals surface area contributed by atoms with Gasteiger partial charge in [-0.05, 0) is 25.0 Å². The highest BCUT2D eigenvalue weighted by atomic mass is 16.4. The molecule has 18 heavy (non-hydrogen) atoms. The Balaban J connectivity index is 2.79. The Morgan fingerprint density at radius 2 is 2.00 bits per heavy atom. The summed E-state index contributed by atoms with van der Waals surface area (Å²) in [7, 11) is 1.62. The van der Waals surface area contributed by atoms with Crippen molar-refractivity contribution in [3.8, 4) is 0 Å². The molecule has 1 aromatic rings. The number of urea groups is 1. The largest absolute Gasteiger partial charge is 0.480 e. The standard InChI is InChI=1S/C13H18N2O3/c1-4-10(12(16)17)14-13(18)15(3)11-8-6-5-7-9(11)2/h5-8,10H,4H2,1-3H3,(H,14,18)(H,16,17). The van der Waals surface area contributed by atoms with Gasteiger partial charge in [0.25, 0.3) is 0 Å². The number of benzene rings is 1. The van der Waals surface area contributed by atoms with E-state index in [0.717, 1.165) is 11.3 Å². The van der Waals surface area contributed by atoms with Gasteiger partial charge in [-0.15, -0.1) is 0 Å². The predicted molar refractivity (Wildman–Crippen MR) is 69.8 cm³/mol. The van der Waals surface area contributed by atoms with E-state index >= 15 is 0 Å². The first-order chi connectivity index (χ1) is 8.47. The number of rotatable bonds is 4. The van der Waals surface area contributed by atoms with Gasteiger partial charge in [0.15, 0.2) is 0 Å². The van der Waals surface area contributed by atoms with E-state index in [1.807, 2.05) is 31.2 Å². The molecule has 0 aromatic heterocycles. The molecule has 0 saturated carbocycles. The Morgan fingerprint density at radius 3 is 2.50 bits per heavy atom. The summed E-state index contributed by atoms with van der Waals surface area (Å²) in [5.74, 6) is -1.02. The molecule has 1 atom stereocenters. The molecule has 5 heteroatoms. The van der Waals surface area contributed by atoms with Gasteiger partial charge in [0, 0.05) is 12.7 Å². The minimum absolute atomic E-state index is 0.350. The summed E-state index contributed by atoms with van der Waals surface area (Å²) >= 11 is 0. The van der Waals surface area contributed by atoms with Gasteiger partial charge in [-0.25, -0.2) is 9.59 Å². The van der Waals surface area contributed by atoms with Crippen molar-refractivity contribution in [1.29, 1.82) is 0 Å². The first kappa shape index (κ1) is 14.0. The van der Waals surface area contributed by atoms with Crippen molar-refractivity contribution in [1.82, 2.24) is 5.32 Å². The van der Waals surface area contributed by atoms with Gasteiger partial charge in [0.2, 0.25) is 0 Å². The van der Waals surface area contributed by atoms with Gasteiger partial charge in [-0.2, -0.15) is 0 Å². The van der Waals surface area contributed by atoms with Crippen LogP contribution in [0, 0.1) is 6.92 Å². The van der Waals surface area contributed by atoms with Crippen LogP contribution in [0.1, 0.15) is 18.9 Å². The number of amides is 2. The van der Waals surface area contributed by atoms with Gasteiger partial charge in [0.05, 0.1) is 0 Å². The molecular weight excluding hydrogens is 232 g/mol. The lowest BCUT2D eigenvalue weighted by atomic mass is 10.2. The SMILES string of the molecule is CCC(NC(=O)N(C)c1ccccc1C)C(=O)O. The van der Waals surface area contributed by atoms with E-state index in [1.54, 1.807) is 14.0 Å². The molecule has 98 valence electrons. The second-order valence-corrected chi connectivity index (χ2v) is 4.09. The van der Waals surface area contributed by atoms with Crippen molar-refractivity contribution in [2.24, 2.45) is 0 Å². The molecule has 0 spiro atoms. The summed E-state index contributed by atoms with van der Waals surface area (Å²) in [6, 6.07) is 6.16. The molecule has 0 aliphatic rings. The molecule has 0 heterocycles. The zero-order valence-electron chi connectivity index (χ0n) is 10.8. The number of nitrogens with one attached hydrogen (secondary N) is 1. The maximum Gasteiger partial charge on any atom is 0.326 e. The minimum atomic E-state index is -1.02. The number of aliphatic carboxylic acids is 1. The summed E-state index contributed by atoms with van der Waals surface area (Å²) in [6.07, 6.45) is 0.350. The third-order valence-electron chi connectivity index (χ3n) is 2.79. The molecule has 0 aliphatic carbocycles. The van der Waals surface area contributed by atoms with E-state index in [2.05, 4.69) is 5.32 Å². The summed E-state index contributed by atoms with van der Waals surface area (Å²) in [4.78, 5) is 24.2. The van der Waals surface area contributed by atoms with Crippen LogP contribution >= 0.6 is 0 Å². The fourth-order valence-corrected chi connectivity index (χ4v) is 1.63. The quantitative estimate of drug-likeness (QED) is 0.858. The molecule has 1 aromatic carbocycles. The van der Waals surface area contributed by atoms with Crippen LogP contribution in [0.4, 0.5) is 10.5 Å². The fourth-order valence-electron chi connectivity index (χ4n) is 1.63. The molecule has 0 fully saturated rings. The first-order valence-electron chi connectivity index (χ1n) is 5.80. The van der Waals surface area contributed by atoms with E-state index in [9.17, 15) is 9.59 Å². The van der Waals surface area contributed by atoms with Crippen LogP contribution in [0.5, 0.6) is 0 Å². The van der Waals surface area contributed by atoms with E-state index in [1.165, 1.54) is 4.90 Å². The number of anilines is 1. The third kappa shape index (κ3) is 3.23. The Labute approximate surface area is 106 Å². The molecule has 0 radical (unpaired) electrons. The first-order valence-corrected chi connectivity index (χ1v) is 5.80. The summed E-state index contributed by atoms with van der Waals surface area (Å²) in [5, 5.41) is 11.4. The number of nitrogens with zero attached hydrogens (tertiary/aromatic N) is 1. The van der Waals surface area contributed by atoms with Gasteiger partial charge >= 0.3 is 12.0 Å². The van der Waals surface area contributed by atoms with Gasteiger partial charge in [-0.3, -0.25) is 4.90 Å². The van der Waals surface area contributed by atoms with Crippen molar-refractivity contribution in [3.05, 3.63) is 29.8 Å². The molecule has 2 amide bonds. The minimum Gasteiger partial charge on any atom is -0.480 e. The van der Waals surface area contributed by atoms with Crippen molar-refractivity contribution < 1.29 is 14.7 Å². The Kier molecular flexibility index (Phi) is 4.71. The number of carbonyl (C=O) groups excluding carboxylic acids is 1. The van der Waals surface area contributed by atoms with Crippen LogP contribution in [0.15, 0.2) is 24.3 Å². The zero-order chi connectivity index (χ0) is 13.7. The van der Waals surface area contributed by atoms with E-state index < -0.39 is 18.0 Å². The van der Waals surface area contributed by atoms with Crippen molar-refractivity contribution >= 4 is 17.7 Å². The molecule has 0 aliphatic heterocycles. The van der Waals surface area contributed by atoms with Crippen LogP contribution in [-0.2, 0) is 4.79 Å². The average molecular weight is 250 g/mol. The Bertz CT molecular complexity index is 446. The number of carbonyl (C=O) groups is 2. The third-order valence-corrected chi connectivity index (χ3v) is 2.79. The van der Waals surface area contributed by atoms with E-state index in [-0.39, 0.29) is 0 Å². The second kappa shape index (κ2) is 6.05. The van der Waals surface area contributed by atoms with Crippen LogP contribution in [0.2, 0.25) is 0 Å². The van der Waals surface area contributed by atoms with Crippen LogP contribution in [0.3, 0.4) is 0 Å². The van der Waals surface area contributed by atoms with Gasteiger partial charge in [-0.1, -0.05) is 25.1 Å². The Hall–Kier alpha value is -2.04. The van der Waals surface area contributed by atoms with Crippen LogP contribution in [0.25, 0.3) is 0 Å². The van der Waals surface area contributed by atoms with Crippen LogP contribution in [-0.4, -0.2) is 30.2 Å². The summed E-state index contributed by atoms with van der Waals surface area (Å²) < 4.78 is 0. The molecule has 0 saturated heterocycles. The molecule has 5 nitrogen and oxygen atoms in total. The number of para-hydroxylation sites is 1. The Morgan fingerprint density at radius 1 is 1.39 bits per heavy atom. The number of aryl methyl sites for hydroxylation is 1. The second-order valence-electron chi connectivity index (χ2n) is 4.09. The summed E-state index contributed by atoms with van der Waals surface area (Å²) in [5.41, 5.74) is 1.72. The summed E-state index contributed by atoms with van der Waals surface area (Å²) in [6.45, 7) is 3.61. The number of hydrogen-bond donors (Lipinski definition) is 2. The monoisotopic (exact) mass is 250 g/mol. The number of carboxylic acids is 1. The lowest BCUT2D eigenvalue weighted by Gasteiger charge is -2.22. The number of carboxylic acid groups (broad SMARTS) is 1. The smallest absolute Gasteiger partial charge is 0.326 e. The molecule has 0 bridgehead atoms. The predicted octanol–water partition coefficient (Wildman–Crippen LogP) is 2.00. The molecule has 1 rings (SSSR count). The maximum atomic E-state index is 11.9. The molecule has 1 unspecified atom stereocenters. The highest BCUT2D eigenvalue weighted by Gasteiger charge is 2.20. The molecular formula is C13H18N2O3. The highest BCUT2D eigenvalue weighted by molar-refractivity contribution is 5.94.